The molecule has 0 amide bonds. The average molecular weight is 304 g/mol. The van der Waals surface area contributed by atoms with E-state index in [1.807, 2.05) is 30.3 Å². The number of rotatable bonds is 4. The van der Waals surface area contributed by atoms with Crippen LogP contribution in [-0.2, 0) is 10.0 Å². The predicted molar refractivity (Wildman–Crippen MR) is 84.5 cm³/mol. The molecule has 4 nitrogen and oxygen atoms in total. The highest BCUT2D eigenvalue weighted by molar-refractivity contribution is 7.89. The Morgan fingerprint density at radius 1 is 1.14 bits per heavy atom. The van der Waals surface area contributed by atoms with Gasteiger partial charge in [0.2, 0.25) is 10.0 Å². The van der Waals surface area contributed by atoms with Crippen molar-refractivity contribution in [1.82, 2.24) is 4.31 Å². The summed E-state index contributed by atoms with van der Waals surface area (Å²) in [6.07, 6.45) is 1.83. The SMILES string of the molecule is CCCC1(N)CN(S(=O)(=O)c2cccc3ccccc23)C1. The molecule has 21 heavy (non-hydrogen) atoms. The number of nitrogens with zero attached hydrogens (tertiary/aromatic N) is 1. The zero-order valence-corrected chi connectivity index (χ0v) is 12.9. The van der Waals surface area contributed by atoms with Gasteiger partial charge in [-0.15, -0.1) is 0 Å². The molecule has 3 rings (SSSR count). The minimum Gasteiger partial charge on any atom is -0.323 e. The topological polar surface area (TPSA) is 63.4 Å². The lowest BCUT2D eigenvalue weighted by Gasteiger charge is -2.46. The Labute approximate surface area is 125 Å². The third kappa shape index (κ3) is 2.46. The van der Waals surface area contributed by atoms with Crippen molar-refractivity contribution < 1.29 is 8.42 Å². The largest absolute Gasteiger partial charge is 0.323 e. The van der Waals surface area contributed by atoms with Crippen LogP contribution in [0.15, 0.2) is 47.4 Å². The Balaban J connectivity index is 1.96. The van der Waals surface area contributed by atoms with Crippen LogP contribution in [0.5, 0.6) is 0 Å². The molecule has 5 heteroatoms. The molecule has 0 unspecified atom stereocenters. The highest BCUT2D eigenvalue weighted by atomic mass is 32.2. The summed E-state index contributed by atoms with van der Waals surface area (Å²) in [6, 6.07) is 12.9. The van der Waals surface area contributed by atoms with Crippen molar-refractivity contribution in [2.45, 2.75) is 30.2 Å². The van der Waals surface area contributed by atoms with Crippen LogP contribution in [0.25, 0.3) is 10.8 Å². The second-order valence-corrected chi connectivity index (χ2v) is 7.77. The molecule has 0 aliphatic carbocycles. The van der Waals surface area contributed by atoms with E-state index >= 15 is 0 Å². The van der Waals surface area contributed by atoms with Gasteiger partial charge in [0.05, 0.1) is 4.90 Å². The second kappa shape index (κ2) is 5.09. The first-order valence-electron chi connectivity index (χ1n) is 7.23. The van der Waals surface area contributed by atoms with Crippen molar-refractivity contribution >= 4 is 20.8 Å². The molecule has 2 aromatic carbocycles. The number of sulfonamides is 1. The number of hydrogen-bond acceptors (Lipinski definition) is 3. The van der Waals surface area contributed by atoms with Gasteiger partial charge in [0.15, 0.2) is 0 Å². The molecule has 2 aromatic rings. The van der Waals surface area contributed by atoms with Crippen molar-refractivity contribution in [3.63, 3.8) is 0 Å². The fraction of sp³-hybridized carbons (Fsp3) is 0.375. The summed E-state index contributed by atoms with van der Waals surface area (Å²) < 4.78 is 27.1. The summed E-state index contributed by atoms with van der Waals surface area (Å²) in [5.41, 5.74) is 5.83. The molecule has 1 aliphatic heterocycles. The third-order valence-electron chi connectivity index (χ3n) is 4.10. The molecule has 1 fully saturated rings. The molecule has 112 valence electrons. The van der Waals surface area contributed by atoms with Gasteiger partial charge in [0.25, 0.3) is 0 Å². The lowest BCUT2D eigenvalue weighted by Crippen LogP contribution is -2.68. The molecular formula is C16H20N2O2S. The summed E-state index contributed by atoms with van der Waals surface area (Å²) in [6.45, 7) is 2.88. The van der Waals surface area contributed by atoms with E-state index in [0.29, 0.717) is 18.0 Å². The molecule has 0 atom stereocenters. The van der Waals surface area contributed by atoms with Crippen LogP contribution in [0, 0.1) is 0 Å². The molecule has 0 radical (unpaired) electrons. The number of benzene rings is 2. The van der Waals surface area contributed by atoms with Crippen molar-refractivity contribution in [3.8, 4) is 0 Å². The van der Waals surface area contributed by atoms with Crippen molar-refractivity contribution in [3.05, 3.63) is 42.5 Å². The monoisotopic (exact) mass is 304 g/mol. The average Bonchev–Trinajstić information content (AvgIpc) is 2.44. The Bertz CT molecular complexity index is 759. The Hall–Kier alpha value is -1.43. The van der Waals surface area contributed by atoms with Gasteiger partial charge >= 0.3 is 0 Å². The van der Waals surface area contributed by atoms with Gasteiger partial charge in [-0.2, -0.15) is 4.31 Å². The van der Waals surface area contributed by atoms with Crippen LogP contribution < -0.4 is 5.73 Å². The molecule has 0 spiro atoms. The highest BCUT2D eigenvalue weighted by Gasteiger charge is 2.45. The van der Waals surface area contributed by atoms with Crippen molar-refractivity contribution in [2.75, 3.05) is 13.1 Å². The lowest BCUT2D eigenvalue weighted by molar-refractivity contribution is 0.147. The zero-order chi connectivity index (χ0) is 15.1. The summed E-state index contributed by atoms with van der Waals surface area (Å²) in [7, 11) is -3.46. The molecule has 1 saturated heterocycles. The van der Waals surface area contributed by atoms with Crippen LogP contribution in [0.4, 0.5) is 0 Å². The van der Waals surface area contributed by atoms with Gasteiger partial charge in [0.1, 0.15) is 0 Å². The Morgan fingerprint density at radius 3 is 2.52 bits per heavy atom. The summed E-state index contributed by atoms with van der Waals surface area (Å²) in [5, 5.41) is 1.71. The summed E-state index contributed by atoms with van der Waals surface area (Å²) in [5.74, 6) is 0. The van der Waals surface area contributed by atoms with Crippen LogP contribution in [0.2, 0.25) is 0 Å². The molecule has 0 bridgehead atoms. The van der Waals surface area contributed by atoms with E-state index in [-0.39, 0.29) is 5.54 Å². The van der Waals surface area contributed by atoms with Gasteiger partial charge in [-0.05, 0) is 17.9 Å². The van der Waals surface area contributed by atoms with Crippen molar-refractivity contribution in [2.24, 2.45) is 5.73 Å². The second-order valence-electron chi connectivity index (χ2n) is 5.86. The van der Waals surface area contributed by atoms with Gasteiger partial charge in [0, 0.05) is 24.0 Å². The first-order valence-corrected chi connectivity index (χ1v) is 8.67. The van der Waals surface area contributed by atoms with Crippen molar-refractivity contribution in [1.29, 1.82) is 0 Å². The van der Waals surface area contributed by atoms with Crippen LogP contribution >= 0.6 is 0 Å². The van der Waals surface area contributed by atoms with Crippen LogP contribution in [0.3, 0.4) is 0 Å². The van der Waals surface area contributed by atoms with Crippen LogP contribution in [0.1, 0.15) is 19.8 Å². The van der Waals surface area contributed by atoms with E-state index < -0.39 is 10.0 Å². The Kier molecular flexibility index (Phi) is 3.51. The normalized spacial score (nSPS) is 18.6. The van der Waals surface area contributed by atoms with E-state index in [1.54, 1.807) is 12.1 Å². The molecule has 1 heterocycles. The van der Waals surface area contributed by atoms with Gasteiger partial charge in [-0.3, -0.25) is 0 Å². The van der Waals surface area contributed by atoms with E-state index in [2.05, 4.69) is 6.92 Å². The smallest absolute Gasteiger partial charge is 0.243 e. The maximum absolute atomic E-state index is 12.8. The highest BCUT2D eigenvalue weighted by Crippen LogP contribution is 2.32. The first kappa shape index (κ1) is 14.5. The van der Waals surface area contributed by atoms with Gasteiger partial charge in [-0.25, -0.2) is 8.42 Å². The fourth-order valence-electron chi connectivity index (χ4n) is 3.04. The maximum atomic E-state index is 12.8. The molecule has 1 aliphatic rings. The van der Waals surface area contributed by atoms with E-state index in [1.165, 1.54) is 4.31 Å². The molecular weight excluding hydrogens is 284 g/mol. The number of fused-ring (bicyclic) bond motifs is 1. The molecule has 0 aromatic heterocycles. The maximum Gasteiger partial charge on any atom is 0.243 e. The standard InChI is InChI=1S/C16H20N2O2S/c1-2-10-16(17)11-18(12-16)21(19,20)15-9-5-7-13-6-3-4-8-14(13)15/h3-9H,2,10-12,17H2,1H3. The first-order chi connectivity index (χ1) is 9.96. The quantitative estimate of drug-likeness (QED) is 0.943. The summed E-state index contributed by atoms with van der Waals surface area (Å²) >= 11 is 0. The van der Waals surface area contributed by atoms with Gasteiger partial charge < -0.3 is 5.73 Å². The lowest BCUT2D eigenvalue weighted by atomic mass is 9.89. The third-order valence-corrected chi connectivity index (χ3v) is 5.95. The fourth-order valence-corrected chi connectivity index (χ4v) is 4.89. The minimum atomic E-state index is -3.46. The predicted octanol–water partition coefficient (Wildman–Crippen LogP) is 2.34. The van der Waals surface area contributed by atoms with Crippen LogP contribution in [-0.4, -0.2) is 31.4 Å². The zero-order valence-electron chi connectivity index (χ0n) is 12.1. The minimum absolute atomic E-state index is 0.355. The Morgan fingerprint density at radius 2 is 1.81 bits per heavy atom. The van der Waals surface area contributed by atoms with E-state index in [0.717, 1.165) is 23.6 Å². The van der Waals surface area contributed by atoms with E-state index in [4.69, 9.17) is 5.73 Å². The molecule has 0 saturated carbocycles. The molecule has 2 N–H and O–H groups in total. The summed E-state index contributed by atoms with van der Waals surface area (Å²) in [4.78, 5) is 0.374. The number of hydrogen-bond donors (Lipinski definition) is 1. The van der Waals surface area contributed by atoms with E-state index in [9.17, 15) is 8.42 Å². The number of nitrogens with two attached hydrogens (primary N) is 1. The van der Waals surface area contributed by atoms with Gasteiger partial charge in [-0.1, -0.05) is 49.7 Å².